The zero-order valence-corrected chi connectivity index (χ0v) is 12.0. The van der Waals surface area contributed by atoms with Crippen molar-refractivity contribution in [2.75, 3.05) is 14.2 Å². The summed E-state index contributed by atoms with van der Waals surface area (Å²) >= 11 is 0. The van der Waals surface area contributed by atoms with Crippen LogP contribution in [0.4, 0.5) is 0 Å². The summed E-state index contributed by atoms with van der Waals surface area (Å²) in [5.41, 5.74) is 6.36. The summed E-state index contributed by atoms with van der Waals surface area (Å²) in [5, 5.41) is 11.5. The van der Waals surface area contributed by atoms with E-state index in [-0.39, 0.29) is 17.8 Å². The number of ether oxygens (including phenoxy) is 1. The minimum absolute atomic E-state index is 0.0200. The lowest BCUT2D eigenvalue weighted by Crippen LogP contribution is -2.38. The normalized spacial score (nSPS) is 12.8. The van der Waals surface area contributed by atoms with Gasteiger partial charge in [-0.05, 0) is 24.6 Å². The van der Waals surface area contributed by atoms with Crippen LogP contribution in [0.25, 0.3) is 0 Å². The molecule has 0 fully saturated rings. The van der Waals surface area contributed by atoms with E-state index in [0.29, 0.717) is 12.8 Å². The third kappa shape index (κ3) is 4.46. The molecule has 0 aliphatic rings. The van der Waals surface area contributed by atoms with E-state index in [2.05, 4.69) is 5.16 Å². The van der Waals surface area contributed by atoms with Gasteiger partial charge in [0.15, 0.2) is 0 Å². The summed E-state index contributed by atoms with van der Waals surface area (Å²) in [6.45, 7) is 1.85. The van der Waals surface area contributed by atoms with Crippen molar-refractivity contribution in [2.45, 2.75) is 25.8 Å². The Kier molecular flexibility index (Phi) is 5.83. The Labute approximate surface area is 118 Å². The molecule has 3 N–H and O–H groups in total. The van der Waals surface area contributed by atoms with Gasteiger partial charge in [-0.2, -0.15) is 0 Å². The molecule has 0 radical (unpaired) electrons. The number of hydrogen-bond acceptors (Lipinski definition) is 4. The van der Waals surface area contributed by atoms with Crippen LogP contribution in [-0.2, 0) is 11.2 Å². The lowest BCUT2D eigenvalue weighted by atomic mass is 10.1. The first-order valence-electron chi connectivity index (χ1n) is 6.33. The quantitative estimate of drug-likeness (QED) is 0.355. The summed E-state index contributed by atoms with van der Waals surface area (Å²) in [5.74, 6) is 0.852. The van der Waals surface area contributed by atoms with E-state index < -0.39 is 0 Å². The standard InChI is InChI=1S/C14H21N3O3/c1-10(8-13(15)16-19)17(2)14(18)9-11-4-6-12(20-3)7-5-11/h4-7,10,19H,8-9H2,1-3H3,(H2,15,16). The fourth-order valence-electron chi connectivity index (χ4n) is 1.77. The van der Waals surface area contributed by atoms with Gasteiger partial charge >= 0.3 is 0 Å². The van der Waals surface area contributed by atoms with E-state index in [1.807, 2.05) is 31.2 Å². The van der Waals surface area contributed by atoms with E-state index in [9.17, 15) is 4.79 Å². The van der Waals surface area contributed by atoms with E-state index >= 15 is 0 Å². The molecular weight excluding hydrogens is 258 g/mol. The number of hydrogen-bond donors (Lipinski definition) is 2. The van der Waals surface area contributed by atoms with Gasteiger partial charge in [0.1, 0.15) is 11.6 Å². The summed E-state index contributed by atoms with van der Waals surface area (Å²) in [7, 11) is 3.31. The van der Waals surface area contributed by atoms with Gasteiger partial charge in [-0.1, -0.05) is 17.3 Å². The molecule has 0 bridgehead atoms. The molecule has 0 spiro atoms. The van der Waals surface area contributed by atoms with Crippen LogP contribution in [0, 0.1) is 0 Å². The molecule has 1 unspecified atom stereocenters. The molecule has 110 valence electrons. The van der Waals surface area contributed by atoms with Crippen LogP contribution >= 0.6 is 0 Å². The molecule has 0 aliphatic carbocycles. The molecule has 0 saturated carbocycles. The van der Waals surface area contributed by atoms with Crippen LogP contribution in [0.1, 0.15) is 18.9 Å². The van der Waals surface area contributed by atoms with Crippen molar-refractivity contribution < 1.29 is 14.7 Å². The number of rotatable bonds is 6. The Morgan fingerprint density at radius 2 is 2.05 bits per heavy atom. The Morgan fingerprint density at radius 1 is 1.45 bits per heavy atom. The largest absolute Gasteiger partial charge is 0.497 e. The van der Waals surface area contributed by atoms with Crippen LogP contribution in [0.5, 0.6) is 5.75 Å². The molecule has 0 aliphatic heterocycles. The Bertz CT molecular complexity index is 471. The molecule has 1 rings (SSSR count). The van der Waals surface area contributed by atoms with E-state index in [1.165, 1.54) is 0 Å². The number of nitrogens with zero attached hydrogens (tertiary/aromatic N) is 2. The van der Waals surface area contributed by atoms with Crippen LogP contribution < -0.4 is 10.5 Å². The second-order valence-corrected chi connectivity index (χ2v) is 4.67. The average molecular weight is 279 g/mol. The first-order chi connectivity index (χ1) is 9.47. The van der Waals surface area contributed by atoms with Crippen molar-refractivity contribution in [3.8, 4) is 5.75 Å². The van der Waals surface area contributed by atoms with Gasteiger partial charge in [0, 0.05) is 19.5 Å². The van der Waals surface area contributed by atoms with Crippen LogP contribution in [0.3, 0.4) is 0 Å². The number of carbonyl (C=O) groups is 1. The highest BCUT2D eigenvalue weighted by molar-refractivity contribution is 5.82. The van der Waals surface area contributed by atoms with Gasteiger partial charge in [0.2, 0.25) is 5.91 Å². The number of amides is 1. The highest BCUT2D eigenvalue weighted by Crippen LogP contribution is 2.13. The second kappa shape index (κ2) is 7.37. The molecular formula is C14H21N3O3. The average Bonchev–Trinajstić information content (AvgIpc) is 2.46. The van der Waals surface area contributed by atoms with Crippen molar-refractivity contribution in [3.63, 3.8) is 0 Å². The van der Waals surface area contributed by atoms with Crippen molar-refractivity contribution >= 4 is 11.7 Å². The predicted molar refractivity (Wildman–Crippen MR) is 77.0 cm³/mol. The topological polar surface area (TPSA) is 88.2 Å². The molecule has 0 saturated heterocycles. The van der Waals surface area contributed by atoms with Gasteiger partial charge in [0.05, 0.1) is 13.5 Å². The summed E-state index contributed by atoms with van der Waals surface area (Å²) in [6, 6.07) is 7.24. The fourth-order valence-corrected chi connectivity index (χ4v) is 1.77. The molecule has 6 heteroatoms. The van der Waals surface area contributed by atoms with E-state index in [0.717, 1.165) is 11.3 Å². The first kappa shape index (κ1) is 15.8. The van der Waals surface area contributed by atoms with Crippen LogP contribution in [0.2, 0.25) is 0 Å². The molecule has 1 aromatic rings. The van der Waals surface area contributed by atoms with Gasteiger partial charge in [-0.3, -0.25) is 4.79 Å². The molecule has 1 amide bonds. The lowest BCUT2D eigenvalue weighted by molar-refractivity contribution is -0.130. The van der Waals surface area contributed by atoms with Gasteiger partial charge < -0.3 is 20.6 Å². The van der Waals surface area contributed by atoms with Crippen molar-refractivity contribution in [1.29, 1.82) is 0 Å². The molecule has 1 aromatic carbocycles. The SMILES string of the molecule is COc1ccc(CC(=O)N(C)C(C)CC(N)=NO)cc1. The van der Waals surface area contributed by atoms with Crippen molar-refractivity contribution in [3.05, 3.63) is 29.8 Å². The highest BCUT2D eigenvalue weighted by Gasteiger charge is 2.17. The lowest BCUT2D eigenvalue weighted by Gasteiger charge is -2.24. The molecule has 0 aromatic heterocycles. The van der Waals surface area contributed by atoms with E-state index in [4.69, 9.17) is 15.7 Å². The fraction of sp³-hybridized carbons (Fsp3) is 0.429. The summed E-state index contributed by atoms with van der Waals surface area (Å²) < 4.78 is 5.07. The Balaban J connectivity index is 2.60. The van der Waals surface area contributed by atoms with Gasteiger partial charge in [-0.25, -0.2) is 0 Å². The van der Waals surface area contributed by atoms with Gasteiger partial charge in [0.25, 0.3) is 0 Å². The maximum atomic E-state index is 12.1. The Hall–Kier alpha value is -2.24. The minimum atomic E-state index is -0.128. The highest BCUT2D eigenvalue weighted by atomic mass is 16.5. The second-order valence-electron chi connectivity index (χ2n) is 4.67. The van der Waals surface area contributed by atoms with Crippen molar-refractivity contribution in [1.82, 2.24) is 4.90 Å². The number of nitrogens with two attached hydrogens (primary N) is 1. The minimum Gasteiger partial charge on any atom is -0.497 e. The summed E-state index contributed by atoms with van der Waals surface area (Å²) in [4.78, 5) is 13.7. The Morgan fingerprint density at radius 3 is 2.55 bits per heavy atom. The number of carbonyl (C=O) groups excluding carboxylic acids is 1. The number of likely N-dealkylation sites (N-methyl/N-ethyl adjacent to an activating group) is 1. The third-order valence-corrected chi connectivity index (χ3v) is 3.20. The smallest absolute Gasteiger partial charge is 0.226 e. The van der Waals surface area contributed by atoms with Crippen LogP contribution in [0.15, 0.2) is 29.4 Å². The van der Waals surface area contributed by atoms with E-state index in [1.54, 1.807) is 19.1 Å². The third-order valence-electron chi connectivity index (χ3n) is 3.20. The molecule has 20 heavy (non-hydrogen) atoms. The summed E-state index contributed by atoms with van der Waals surface area (Å²) in [6.07, 6.45) is 0.641. The monoisotopic (exact) mass is 279 g/mol. The molecule has 1 atom stereocenters. The zero-order chi connectivity index (χ0) is 15.1. The van der Waals surface area contributed by atoms with Crippen molar-refractivity contribution in [2.24, 2.45) is 10.9 Å². The molecule has 6 nitrogen and oxygen atoms in total. The number of amidine groups is 1. The van der Waals surface area contributed by atoms with Gasteiger partial charge in [-0.15, -0.1) is 0 Å². The number of benzene rings is 1. The number of oxime groups is 1. The van der Waals surface area contributed by atoms with Crippen LogP contribution in [-0.4, -0.2) is 42.0 Å². The number of methoxy groups -OCH3 is 1. The zero-order valence-electron chi connectivity index (χ0n) is 12.0. The first-order valence-corrected chi connectivity index (χ1v) is 6.33. The predicted octanol–water partition coefficient (Wildman–Crippen LogP) is 1.22. The molecule has 0 heterocycles. The maximum absolute atomic E-state index is 12.1. The maximum Gasteiger partial charge on any atom is 0.226 e.